The minimum Gasteiger partial charge on any atom is -0.293 e. The van der Waals surface area contributed by atoms with E-state index in [1.165, 1.54) is 16.3 Å². The highest BCUT2D eigenvalue weighted by Crippen LogP contribution is 2.55. The SMILES string of the molecule is Cn1nc2c(c1-c1ccc3ccccc3c1)CC[C@H]1C(C)(C)C(=O)C(C#N)=C[C@]21C. The molecule has 0 spiro atoms. The first-order valence-electron chi connectivity index (χ1n) is 10.5. The lowest BCUT2D eigenvalue weighted by atomic mass is 9.52. The zero-order chi connectivity index (χ0) is 21.3. The Hall–Kier alpha value is -3.19. The van der Waals surface area contributed by atoms with Crippen molar-refractivity contribution in [3.63, 3.8) is 0 Å². The van der Waals surface area contributed by atoms with Gasteiger partial charge in [0.15, 0.2) is 5.78 Å². The summed E-state index contributed by atoms with van der Waals surface area (Å²) in [5, 5.41) is 17.0. The Balaban J connectivity index is 1.73. The summed E-state index contributed by atoms with van der Waals surface area (Å²) in [7, 11) is 2.00. The number of nitrogens with zero attached hydrogens (tertiary/aromatic N) is 3. The number of ketones is 1. The molecule has 150 valence electrons. The van der Waals surface area contributed by atoms with Crippen LogP contribution < -0.4 is 0 Å². The molecule has 2 aromatic carbocycles. The van der Waals surface area contributed by atoms with Crippen LogP contribution in [0.15, 0.2) is 54.1 Å². The van der Waals surface area contributed by atoms with Gasteiger partial charge >= 0.3 is 0 Å². The van der Waals surface area contributed by atoms with E-state index in [2.05, 4.69) is 55.5 Å². The van der Waals surface area contributed by atoms with Gasteiger partial charge in [-0.1, -0.05) is 63.2 Å². The zero-order valence-electron chi connectivity index (χ0n) is 17.9. The third-order valence-electron chi connectivity index (χ3n) is 7.35. The van der Waals surface area contributed by atoms with Crippen LogP contribution in [-0.2, 0) is 23.7 Å². The van der Waals surface area contributed by atoms with Crippen LogP contribution in [0.5, 0.6) is 0 Å². The molecule has 4 nitrogen and oxygen atoms in total. The quantitative estimate of drug-likeness (QED) is 0.575. The molecule has 2 aliphatic rings. The van der Waals surface area contributed by atoms with Crippen LogP contribution in [0.2, 0.25) is 0 Å². The van der Waals surface area contributed by atoms with E-state index >= 15 is 0 Å². The summed E-state index contributed by atoms with van der Waals surface area (Å²) < 4.78 is 1.98. The molecular weight excluding hydrogens is 370 g/mol. The van der Waals surface area contributed by atoms with Crippen LogP contribution in [0.25, 0.3) is 22.0 Å². The number of Topliss-reactive ketones (excluding diaryl/α,β-unsaturated/α-hetero) is 1. The van der Waals surface area contributed by atoms with E-state index in [9.17, 15) is 10.1 Å². The lowest BCUT2D eigenvalue weighted by Gasteiger charge is -2.49. The van der Waals surface area contributed by atoms with Crippen molar-refractivity contribution in [2.45, 2.75) is 39.0 Å². The van der Waals surface area contributed by atoms with Gasteiger partial charge < -0.3 is 0 Å². The van der Waals surface area contributed by atoms with Crippen LogP contribution in [0, 0.1) is 22.7 Å². The lowest BCUT2D eigenvalue weighted by molar-refractivity contribution is -0.128. The number of carbonyl (C=O) groups excluding carboxylic acids is 1. The van der Waals surface area contributed by atoms with Crippen LogP contribution in [-0.4, -0.2) is 15.6 Å². The van der Waals surface area contributed by atoms with Gasteiger partial charge in [0.25, 0.3) is 0 Å². The summed E-state index contributed by atoms with van der Waals surface area (Å²) in [5.74, 6) is 0.0862. The number of allylic oxidation sites excluding steroid dienone is 2. The van der Waals surface area contributed by atoms with Gasteiger partial charge in [0.1, 0.15) is 6.07 Å². The van der Waals surface area contributed by atoms with Crippen molar-refractivity contribution in [3.8, 4) is 17.3 Å². The largest absolute Gasteiger partial charge is 0.293 e. The van der Waals surface area contributed by atoms with E-state index in [-0.39, 0.29) is 17.3 Å². The molecule has 3 aromatic rings. The zero-order valence-corrected chi connectivity index (χ0v) is 17.9. The first-order chi connectivity index (χ1) is 14.3. The molecule has 0 aliphatic heterocycles. The number of hydrogen-bond donors (Lipinski definition) is 0. The van der Waals surface area contributed by atoms with Crippen LogP contribution in [0.3, 0.4) is 0 Å². The second-order valence-corrected chi connectivity index (χ2v) is 9.46. The third kappa shape index (κ3) is 2.38. The second-order valence-electron chi connectivity index (χ2n) is 9.46. The van der Waals surface area contributed by atoms with Gasteiger partial charge in [-0.15, -0.1) is 0 Å². The minimum absolute atomic E-state index is 0.0402. The van der Waals surface area contributed by atoms with Gasteiger partial charge in [0.05, 0.1) is 17.0 Å². The summed E-state index contributed by atoms with van der Waals surface area (Å²) in [6.07, 6.45) is 3.68. The van der Waals surface area contributed by atoms with E-state index in [0.717, 1.165) is 29.8 Å². The first kappa shape index (κ1) is 18.8. The van der Waals surface area contributed by atoms with Crippen molar-refractivity contribution in [1.82, 2.24) is 9.78 Å². The number of rotatable bonds is 1. The summed E-state index contributed by atoms with van der Waals surface area (Å²) >= 11 is 0. The highest BCUT2D eigenvalue weighted by molar-refractivity contribution is 6.04. The average molecular weight is 396 g/mol. The van der Waals surface area contributed by atoms with Crippen molar-refractivity contribution < 1.29 is 4.79 Å². The molecule has 5 rings (SSSR count). The van der Waals surface area contributed by atoms with Gasteiger partial charge in [-0.3, -0.25) is 9.48 Å². The van der Waals surface area contributed by atoms with E-state index in [4.69, 9.17) is 5.10 Å². The van der Waals surface area contributed by atoms with E-state index in [1.54, 1.807) is 0 Å². The van der Waals surface area contributed by atoms with E-state index < -0.39 is 10.8 Å². The summed E-state index contributed by atoms with van der Waals surface area (Å²) in [4.78, 5) is 12.9. The molecule has 0 amide bonds. The molecule has 0 unspecified atom stereocenters. The molecule has 1 heterocycles. The Morgan fingerprint density at radius 2 is 1.87 bits per heavy atom. The summed E-state index contributed by atoms with van der Waals surface area (Å²) in [6, 6.07) is 17.1. The molecule has 2 atom stereocenters. The summed E-state index contributed by atoms with van der Waals surface area (Å²) in [6.45, 7) is 6.12. The summed E-state index contributed by atoms with van der Waals surface area (Å²) in [5.41, 5.74) is 3.81. The molecular formula is C26H25N3O. The van der Waals surface area contributed by atoms with Gasteiger partial charge in [-0.2, -0.15) is 10.4 Å². The molecule has 0 bridgehead atoms. The average Bonchev–Trinajstić information content (AvgIpc) is 3.08. The van der Waals surface area contributed by atoms with E-state index in [0.29, 0.717) is 0 Å². The molecule has 0 saturated heterocycles. The number of hydrogen-bond acceptors (Lipinski definition) is 3. The predicted octanol–water partition coefficient (Wildman–Crippen LogP) is 5.12. The van der Waals surface area contributed by atoms with Crippen molar-refractivity contribution in [2.75, 3.05) is 0 Å². The van der Waals surface area contributed by atoms with Gasteiger partial charge in [0.2, 0.25) is 0 Å². The molecule has 0 N–H and O–H groups in total. The molecule has 4 heteroatoms. The Morgan fingerprint density at radius 3 is 2.60 bits per heavy atom. The molecule has 0 saturated carbocycles. The standard InChI is InChI=1S/C26H25N3O/c1-25(2)21-12-11-20-22(18-10-9-16-7-5-6-8-17(16)13-18)29(4)28-23(20)26(21,3)14-19(15-27)24(25)30/h5-10,13-14,21H,11-12H2,1-4H3/t21-,26-/m0/s1. The number of nitriles is 1. The number of carbonyl (C=O) groups is 1. The van der Waals surface area contributed by atoms with Crippen molar-refractivity contribution in [3.05, 3.63) is 65.4 Å². The lowest BCUT2D eigenvalue weighted by Crippen LogP contribution is -2.51. The minimum atomic E-state index is -0.577. The Labute approximate surface area is 176 Å². The maximum absolute atomic E-state index is 12.9. The molecule has 1 aromatic heterocycles. The van der Waals surface area contributed by atoms with Crippen molar-refractivity contribution in [2.24, 2.45) is 18.4 Å². The number of benzene rings is 2. The maximum Gasteiger partial charge on any atom is 0.178 e. The highest BCUT2D eigenvalue weighted by atomic mass is 16.1. The van der Waals surface area contributed by atoms with Crippen molar-refractivity contribution >= 4 is 16.6 Å². The molecule has 2 aliphatic carbocycles. The van der Waals surface area contributed by atoms with Gasteiger partial charge in [-0.05, 0) is 35.6 Å². The third-order valence-corrected chi connectivity index (χ3v) is 7.35. The van der Waals surface area contributed by atoms with E-state index in [1.807, 2.05) is 31.7 Å². The predicted molar refractivity (Wildman–Crippen MR) is 118 cm³/mol. The van der Waals surface area contributed by atoms with Crippen molar-refractivity contribution in [1.29, 1.82) is 5.26 Å². The molecule has 0 fully saturated rings. The Bertz CT molecular complexity index is 1290. The smallest absolute Gasteiger partial charge is 0.178 e. The molecule has 0 radical (unpaired) electrons. The molecule has 30 heavy (non-hydrogen) atoms. The number of aromatic nitrogens is 2. The fourth-order valence-corrected chi connectivity index (χ4v) is 5.92. The fraction of sp³-hybridized carbons (Fsp3) is 0.346. The number of fused-ring (bicyclic) bond motifs is 4. The van der Waals surface area contributed by atoms with Gasteiger partial charge in [0, 0.05) is 29.0 Å². The fourth-order valence-electron chi connectivity index (χ4n) is 5.92. The van der Waals surface area contributed by atoms with Crippen LogP contribution in [0.1, 0.15) is 38.4 Å². The van der Waals surface area contributed by atoms with Crippen LogP contribution in [0.4, 0.5) is 0 Å². The first-order valence-corrected chi connectivity index (χ1v) is 10.5. The highest BCUT2D eigenvalue weighted by Gasteiger charge is 2.55. The monoisotopic (exact) mass is 395 g/mol. The topological polar surface area (TPSA) is 58.7 Å². The Kier molecular flexibility index (Phi) is 3.86. The Morgan fingerprint density at radius 1 is 1.13 bits per heavy atom. The number of aryl methyl sites for hydroxylation is 1. The van der Waals surface area contributed by atoms with Gasteiger partial charge in [-0.25, -0.2) is 0 Å². The normalized spacial score (nSPS) is 24.7. The second kappa shape index (κ2) is 6.15. The van der Waals surface area contributed by atoms with Crippen LogP contribution >= 0.6 is 0 Å². The maximum atomic E-state index is 12.9.